The smallest absolute Gasteiger partial charge is 0.232 e. The number of aromatic nitrogens is 2. The van der Waals surface area contributed by atoms with Crippen LogP contribution in [0.3, 0.4) is 0 Å². The van der Waals surface area contributed by atoms with Gasteiger partial charge in [-0.1, -0.05) is 25.9 Å². The number of likely N-dealkylation sites (tertiary alicyclic amines) is 1. The first-order valence-corrected chi connectivity index (χ1v) is 9.66. The summed E-state index contributed by atoms with van der Waals surface area (Å²) in [6.07, 6.45) is 5.90. The van der Waals surface area contributed by atoms with Crippen LogP contribution in [0.1, 0.15) is 51.7 Å². The summed E-state index contributed by atoms with van der Waals surface area (Å²) in [6.45, 7) is 8.82. The molecule has 2 aliphatic rings. The highest BCUT2D eigenvalue weighted by Crippen LogP contribution is 2.23. The van der Waals surface area contributed by atoms with E-state index < -0.39 is 0 Å². The zero-order chi connectivity index (χ0) is 16.4. The van der Waals surface area contributed by atoms with E-state index in [9.17, 15) is 0 Å². The summed E-state index contributed by atoms with van der Waals surface area (Å²) >= 11 is 1.94. The van der Waals surface area contributed by atoms with Gasteiger partial charge in [0.05, 0.1) is 0 Å². The molecule has 3 rings (SSSR count). The number of nitrogens with zero attached hydrogens (tertiary/aromatic N) is 4. The number of hydrogen-bond acceptors (Lipinski definition) is 5. The van der Waals surface area contributed by atoms with Gasteiger partial charge in [-0.2, -0.15) is 16.7 Å². The molecule has 1 saturated carbocycles. The summed E-state index contributed by atoms with van der Waals surface area (Å²) in [5.41, 5.74) is -0.120. The average Bonchev–Trinajstić information content (AvgIpc) is 3.02. The fourth-order valence-corrected chi connectivity index (χ4v) is 3.20. The van der Waals surface area contributed by atoms with Crippen LogP contribution >= 0.6 is 28.7 Å². The van der Waals surface area contributed by atoms with Crippen molar-refractivity contribution in [1.29, 1.82) is 0 Å². The lowest BCUT2D eigenvalue weighted by Crippen LogP contribution is -2.41. The third-order valence-electron chi connectivity index (χ3n) is 4.17. The minimum absolute atomic E-state index is 0. The molecule has 1 N–H and O–H groups in total. The predicted molar refractivity (Wildman–Crippen MR) is 104 cm³/mol. The molecule has 0 aromatic carbocycles. The molecule has 2 fully saturated rings. The minimum atomic E-state index is -0.120. The van der Waals surface area contributed by atoms with E-state index in [1.54, 1.807) is 0 Å². The van der Waals surface area contributed by atoms with Crippen molar-refractivity contribution in [3.8, 4) is 0 Å². The Morgan fingerprint density at radius 3 is 2.67 bits per heavy atom. The molecule has 1 aliphatic carbocycles. The Morgan fingerprint density at radius 1 is 1.38 bits per heavy atom. The number of rotatable bonds is 4. The quantitative estimate of drug-likeness (QED) is 0.599. The van der Waals surface area contributed by atoms with Crippen LogP contribution in [-0.4, -0.2) is 51.6 Å². The molecule has 1 aromatic rings. The maximum Gasteiger partial charge on any atom is 0.232 e. The molecular weight excluding hydrogens is 390 g/mol. The van der Waals surface area contributed by atoms with Gasteiger partial charge in [-0.25, -0.2) is 4.99 Å². The maximum absolute atomic E-state index is 5.35. The summed E-state index contributed by atoms with van der Waals surface area (Å²) < 4.78 is 5.35. The highest BCUT2D eigenvalue weighted by molar-refractivity contribution is 8.93. The predicted octanol–water partition coefficient (Wildman–Crippen LogP) is 2.99. The summed E-state index contributed by atoms with van der Waals surface area (Å²) in [5.74, 6) is 2.33. The second kappa shape index (κ2) is 8.08. The van der Waals surface area contributed by atoms with Crippen LogP contribution in [0, 0.1) is 0 Å². The van der Waals surface area contributed by atoms with Gasteiger partial charge in [-0.3, -0.25) is 0 Å². The van der Waals surface area contributed by atoms with Crippen molar-refractivity contribution in [1.82, 2.24) is 20.4 Å². The van der Waals surface area contributed by atoms with Gasteiger partial charge in [0.15, 0.2) is 11.8 Å². The summed E-state index contributed by atoms with van der Waals surface area (Å²) in [5, 5.41) is 8.34. The molecule has 0 amide bonds. The lowest BCUT2D eigenvalue weighted by atomic mass is 9.97. The zero-order valence-electron chi connectivity index (χ0n) is 14.9. The molecule has 1 aromatic heterocycles. The molecule has 0 radical (unpaired) electrons. The minimum Gasteiger partial charge on any atom is -0.353 e. The zero-order valence-corrected chi connectivity index (χ0v) is 17.4. The van der Waals surface area contributed by atoms with Gasteiger partial charge in [0.25, 0.3) is 0 Å². The van der Waals surface area contributed by atoms with Gasteiger partial charge >= 0.3 is 0 Å². The SMILES string of the molecule is Br.CSC1CCN(C(=NCc2noc(C(C)(C)C)n2)NC2CC2)C1. The van der Waals surface area contributed by atoms with Crippen LogP contribution < -0.4 is 5.32 Å². The molecule has 6 nitrogen and oxygen atoms in total. The lowest BCUT2D eigenvalue weighted by Gasteiger charge is -2.21. The number of hydrogen-bond donors (Lipinski definition) is 1. The third-order valence-corrected chi connectivity index (χ3v) is 5.22. The Hall–Kier alpha value is -0.760. The first kappa shape index (κ1) is 19.6. The first-order valence-electron chi connectivity index (χ1n) is 8.37. The Balaban J connectivity index is 0.00000208. The van der Waals surface area contributed by atoms with E-state index in [4.69, 9.17) is 9.52 Å². The molecule has 2 heterocycles. The maximum atomic E-state index is 5.35. The van der Waals surface area contributed by atoms with Crippen molar-refractivity contribution in [3.05, 3.63) is 11.7 Å². The van der Waals surface area contributed by atoms with Gasteiger partial charge in [0, 0.05) is 29.8 Å². The number of thioether (sulfide) groups is 1. The lowest BCUT2D eigenvalue weighted by molar-refractivity contribution is 0.318. The van der Waals surface area contributed by atoms with Crippen molar-refractivity contribution in [2.75, 3.05) is 19.3 Å². The van der Waals surface area contributed by atoms with Crippen LogP contribution in [0.5, 0.6) is 0 Å². The standard InChI is InChI=1S/C16H27N5OS.BrH/c1-16(2,3)14-19-13(20-22-14)9-17-15(18-11-5-6-11)21-8-7-12(10-21)23-4;/h11-12H,5-10H2,1-4H3,(H,17,18);1H. The molecule has 0 spiro atoms. The number of nitrogens with one attached hydrogen (secondary N) is 1. The van der Waals surface area contributed by atoms with Crippen molar-refractivity contribution in [2.45, 2.75) is 63.3 Å². The van der Waals surface area contributed by atoms with Crippen LogP contribution in [0.2, 0.25) is 0 Å². The fraction of sp³-hybridized carbons (Fsp3) is 0.812. The van der Waals surface area contributed by atoms with Crippen LogP contribution in [0.25, 0.3) is 0 Å². The van der Waals surface area contributed by atoms with Crippen molar-refractivity contribution >= 4 is 34.7 Å². The number of halogens is 1. The van der Waals surface area contributed by atoms with E-state index in [0.717, 1.165) is 19.0 Å². The largest absolute Gasteiger partial charge is 0.353 e. The van der Waals surface area contributed by atoms with E-state index >= 15 is 0 Å². The molecule has 24 heavy (non-hydrogen) atoms. The van der Waals surface area contributed by atoms with Gasteiger partial charge < -0.3 is 14.7 Å². The second-order valence-electron chi connectivity index (χ2n) is 7.42. The monoisotopic (exact) mass is 417 g/mol. The van der Waals surface area contributed by atoms with Crippen molar-refractivity contribution < 1.29 is 4.52 Å². The van der Waals surface area contributed by atoms with Crippen LogP contribution in [-0.2, 0) is 12.0 Å². The fourth-order valence-electron chi connectivity index (χ4n) is 2.53. The molecule has 1 unspecified atom stereocenters. The molecule has 1 atom stereocenters. The topological polar surface area (TPSA) is 66.5 Å². The molecule has 1 saturated heterocycles. The van der Waals surface area contributed by atoms with Crippen molar-refractivity contribution in [2.24, 2.45) is 4.99 Å². The Bertz CT molecular complexity index is 567. The van der Waals surface area contributed by atoms with Gasteiger partial charge in [0.1, 0.15) is 6.54 Å². The molecule has 0 bridgehead atoms. The molecule has 8 heteroatoms. The first-order chi connectivity index (χ1) is 11.0. The van der Waals surface area contributed by atoms with Gasteiger partial charge in [-0.15, -0.1) is 17.0 Å². The molecule has 136 valence electrons. The molecule has 1 aliphatic heterocycles. The summed E-state index contributed by atoms with van der Waals surface area (Å²) in [7, 11) is 0. The van der Waals surface area contributed by atoms with Crippen LogP contribution in [0.15, 0.2) is 9.52 Å². The van der Waals surface area contributed by atoms with E-state index in [1.807, 2.05) is 11.8 Å². The highest BCUT2D eigenvalue weighted by atomic mass is 79.9. The third kappa shape index (κ3) is 5.12. The number of guanidine groups is 1. The van der Waals surface area contributed by atoms with E-state index in [2.05, 4.69) is 47.4 Å². The van der Waals surface area contributed by atoms with E-state index in [0.29, 0.717) is 29.6 Å². The van der Waals surface area contributed by atoms with E-state index in [-0.39, 0.29) is 22.4 Å². The second-order valence-corrected chi connectivity index (χ2v) is 8.55. The van der Waals surface area contributed by atoms with Gasteiger partial charge in [0.2, 0.25) is 5.89 Å². The van der Waals surface area contributed by atoms with Gasteiger partial charge in [-0.05, 0) is 25.5 Å². The molecular formula is C16H28BrN5OS. The number of aliphatic imine (C=N–C) groups is 1. The normalized spacial score (nSPS) is 21.8. The Kier molecular flexibility index (Phi) is 6.59. The Labute approximate surface area is 159 Å². The van der Waals surface area contributed by atoms with Crippen LogP contribution in [0.4, 0.5) is 0 Å². The average molecular weight is 418 g/mol. The Morgan fingerprint density at radius 2 is 2.12 bits per heavy atom. The summed E-state index contributed by atoms with van der Waals surface area (Å²) in [6, 6.07) is 0.595. The van der Waals surface area contributed by atoms with Crippen molar-refractivity contribution in [3.63, 3.8) is 0 Å². The highest BCUT2D eigenvalue weighted by Gasteiger charge is 2.29. The summed E-state index contributed by atoms with van der Waals surface area (Å²) in [4.78, 5) is 11.6. The van der Waals surface area contributed by atoms with E-state index in [1.165, 1.54) is 19.3 Å².